The molecule has 0 saturated heterocycles. The molecule has 0 unspecified atom stereocenters. The summed E-state index contributed by atoms with van der Waals surface area (Å²) in [6.07, 6.45) is 1.72. The number of ether oxygens (including phenoxy) is 2. The van der Waals surface area contributed by atoms with Crippen molar-refractivity contribution in [2.24, 2.45) is 4.99 Å². The molecule has 1 N–H and O–H groups in total. The van der Waals surface area contributed by atoms with Gasteiger partial charge in [0, 0.05) is 11.8 Å². The number of aromatic hydroxyl groups is 1. The van der Waals surface area contributed by atoms with Crippen molar-refractivity contribution in [3.05, 3.63) is 65.7 Å². The van der Waals surface area contributed by atoms with Gasteiger partial charge < -0.3 is 14.6 Å². The molecule has 24 heavy (non-hydrogen) atoms. The predicted molar refractivity (Wildman–Crippen MR) is 96.5 cm³/mol. The van der Waals surface area contributed by atoms with Gasteiger partial charge >= 0.3 is 0 Å². The lowest BCUT2D eigenvalue weighted by Gasteiger charge is -2.08. The molecule has 0 bridgehead atoms. The van der Waals surface area contributed by atoms with Gasteiger partial charge in [0.15, 0.2) is 11.5 Å². The van der Waals surface area contributed by atoms with Crippen LogP contribution >= 0.6 is 0 Å². The van der Waals surface area contributed by atoms with Gasteiger partial charge in [0.2, 0.25) is 0 Å². The molecule has 0 aromatic heterocycles. The maximum absolute atomic E-state index is 10.1. The van der Waals surface area contributed by atoms with E-state index in [0.29, 0.717) is 18.0 Å². The number of phenolic OH excluding ortho intramolecular Hbond substituents is 1. The molecule has 3 aromatic rings. The number of hydrogen-bond donors (Lipinski definition) is 1. The molecule has 0 spiro atoms. The summed E-state index contributed by atoms with van der Waals surface area (Å²) in [5.41, 5.74) is 1.73. The third kappa shape index (κ3) is 3.18. The number of aliphatic imine (C=N–C) groups is 1. The summed E-state index contributed by atoms with van der Waals surface area (Å²) in [6.45, 7) is 0.489. The quantitative estimate of drug-likeness (QED) is 0.717. The van der Waals surface area contributed by atoms with E-state index < -0.39 is 0 Å². The first-order chi connectivity index (χ1) is 11.7. The van der Waals surface area contributed by atoms with E-state index in [1.54, 1.807) is 26.5 Å². The molecule has 122 valence electrons. The van der Waals surface area contributed by atoms with Gasteiger partial charge in [0.25, 0.3) is 0 Å². The van der Waals surface area contributed by atoms with Gasteiger partial charge in [-0.25, -0.2) is 0 Å². The topological polar surface area (TPSA) is 51.0 Å². The molecule has 0 fully saturated rings. The minimum atomic E-state index is 0.227. The highest BCUT2D eigenvalue weighted by molar-refractivity contribution is 6.02. The lowest BCUT2D eigenvalue weighted by molar-refractivity contribution is 0.354. The van der Waals surface area contributed by atoms with E-state index in [2.05, 4.69) is 4.99 Å². The smallest absolute Gasteiger partial charge is 0.161 e. The molecule has 0 atom stereocenters. The minimum absolute atomic E-state index is 0.227. The Morgan fingerprint density at radius 1 is 0.958 bits per heavy atom. The molecule has 0 aliphatic carbocycles. The Kier molecular flexibility index (Phi) is 4.66. The molecule has 0 aliphatic rings. The summed E-state index contributed by atoms with van der Waals surface area (Å²) >= 11 is 0. The van der Waals surface area contributed by atoms with E-state index in [0.717, 1.165) is 21.9 Å². The maximum atomic E-state index is 10.1. The highest BCUT2D eigenvalue weighted by Gasteiger charge is 2.05. The maximum Gasteiger partial charge on any atom is 0.161 e. The summed E-state index contributed by atoms with van der Waals surface area (Å²) in [6, 6.07) is 17.2. The summed E-state index contributed by atoms with van der Waals surface area (Å²) in [5, 5.41) is 12.2. The summed E-state index contributed by atoms with van der Waals surface area (Å²) in [4.78, 5) is 4.47. The van der Waals surface area contributed by atoms with Gasteiger partial charge in [0.05, 0.1) is 20.8 Å². The largest absolute Gasteiger partial charge is 0.507 e. The fourth-order valence-electron chi connectivity index (χ4n) is 2.64. The van der Waals surface area contributed by atoms with Crippen LogP contribution in [0, 0.1) is 0 Å². The van der Waals surface area contributed by atoms with Gasteiger partial charge in [-0.3, -0.25) is 4.99 Å². The van der Waals surface area contributed by atoms with E-state index in [1.807, 2.05) is 48.5 Å². The van der Waals surface area contributed by atoms with E-state index in [1.165, 1.54) is 0 Å². The van der Waals surface area contributed by atoms with Gasteiger partial charge in [0.1, 0.15) is 5.75 Å². The lowest BCUT2D eigenvalue weighted by atomic mass is 10.0. The predicted octanol–water partition coefficient (Wildman–Crippen LogP) is 4.18. The number of rotatable bonds is 5. The monoisotopic (exact) mass is 321 g/mol. The Balaban J connectivity index is 1.86. The van der Waals surface area contributed by atoms with Crippen LogP contribution in [0.1, 0.15) is 11.1 Å². The molecule has 3 rings (SSSR count). The lowest BCUT2D eigenvalue weighted by Crippen LogP contribution is -1.92. The fraction of sp³-hybridized carbons (Fsp3) is 0.150. The van der Waals surface area contributed by atoms with Gasteiger partial charge in [-0.15, -0.1) is 0 Å². The van der Waals surface area contributed by atoms with Crippen LogP contribution in [0.2, 0.25) is 0 Å². The zero-order valence-electron chi connectivity index (χ0n) is 13.7. The van der Waals surface area contributed by atoms with Gasteiger partial charge in [-0.2, -0.15) is 0 Å². The number of methoxy groups -OCH3 is 2. The van der Waals surface area contributed by atoms with Crippen LogP contribution in [0.3, 0.4) is 0 Å². The summed E-state index contributed by atoms with van der Waals surface area (Å²) in [7, 11) is 3.22. The minimum Gasteiger partial charge on any atom is -0.507 e. The Morgan fingerprint density at radius 3 is 2.54 bits per heavy atom. The molecule has 0 saturated carbocycles. The normalized spacial score (nSPS) is 11.1. The van der Waals surface area contributed by atoms with Crippen LogP contribution in [-0.2, 0) is 6.54 Å². The molecule has 4 nitrogen and oxygen atoms in total. The molecule has 0 heterocycles. The van der Waals surface area contributed by atoms with Crippen LogP contribution in [0.4, 0.5) is 0 Å². The number of fused-ring (bicyclic) bond motifs is 1. The number of benzene rings is 3. The van der Waals surface area contributed by atoms with Crippen molar-refractivity contribution in [2.45, 2.75) is 6.54 Å². The first-order valence-corrected chi connectivity index (χ1v) is 7.64. The first kappa shape index (κ1) is 15.9. The van der Waals surface area contributed by atoms with E-state index in [9.17, 15) is 5.11 Å². The highest BCUT2D eigenvalue weighted by Crippen LogP contribution is 2.28. The average Bonchev–Trinajstić information content (AvgIpc) is 2.63. The Hall–Kier alpha value is -3.01. The molecule has 0 radical (unpaired) electrons. The van der Waals surface area contributed by atoms with Crippen molar-refractivity contribution >= 4 is 17.0 Å². The summed E-state index contributed by atoms with van der Waals surface area (Å²) < 4.78 is 10.5. The third-order valence-electron chi connectivity index (χ3n) is 3.89. The number of hydrogen-bond acceptors (Lipinski definition) is 4. The Morgan fingerprint density at radius 2 is 1.75 bits per heavy atom. The summed E-state index contributed by atoms with van der Waals surface area (Å²) in [5.74, 6) is 1.60. The van der Waals surface area contributed by atoms with Crippen molar-refractivity contribution in [3.8, 4) is 17.2 Å². The van der Waals surface area contributed by atoms with Crippen molar-refractivity contribution in [3.63, 3.8) is 0 Å². The van der Waals surface area contributed by atoms with E-state index in [4.69, 9.17) is 9.47 Å². The van der Waals surface area contributed by atoms with Crippen molar-refractivity contribution in [1.29, 1.82) is 0 Å². The fourth-order valence-corrected chi connectivity index (χ4v) is 2.64. The van der Waals surface area contributed by atoms with Gasteiger partial charge in [-0.1, -0.05) is 36.4 Å². The van der Waals surface area contributed by atoms with Crippen molar-refractivity contribution in [2.75, 3.05) is 14.2 Å². The second-order valence-corrected chi connectivity index (χ2v) is 5.38. The van der Waals surface area contributed by atoms with Crippen LogP contribution in [-0.4, -0.2) is 25.5 Å². The first-order valence-electron chi connectivity index (χ1n) is 7.64. The molecular formula is C20H19NO3. The van der Waals surface area contributed by atoms with E-state index in [-0.39, 0.29) is 5.75 Å². The second kappa shape index (κ2) is 7.04. The zero-order valence-corrected chi connectivity index (χ0v) is 13.7. The SMILES string of the molecule is COc1ccc(CN=Cc2c(O)ccc3ccccc23)cc1OC. The van der Waals surface area contributed by atoms with Crippen LogP contribution in [0.5, 0.6) is 17.2 Å². The van der Waals surface area contributed by atoms with E-state index >= 15 is 0 Å². The van der Waals surface area contributed by atoms with Crippen LogP contribution < -0.4 is 9.47 Å². The van der Waals surface area contributed by atoms with Crippen molar-refractivity contribution < 1.29 is 14.6 Å². The van der Waals surface area contributed by atoms with Gasteiger partial charge in [-0.05, 0) is 34.5 Å². The molecular weight excluding hydrogens is 302 g/mol. The molecule has 0 amide bonds. The molecule has 4 heteroatoms. The van der Waals surface area contributed by atoms with Crippen LogP contribution in [0.15, 0.2) is 59.6 Å². The number of nitrogens with zero attached hydrogens (tertiary/aromatic N) is 1. The standard InChI is InChI=1S/C20H19NO3/c1-23-19-10-7-14(11-20(19)24-2)12-21-13-17-16-6-4-3-5-15(16)8-9-18(17)22/h3-11,13,22H,12H2,1-2H3. The second-order valence-electron chi connectivity index (χ2n) is 5.38. The molecule has 0 aliphatic heterocycles. The average molecular weight is 321 g/mol. The third-order valence-corrected chi connectivity index (χ3v) is 3.89. The van der Waals surface area contributed by atoms with Crippen molar-refractivity contribution in [1.82, 2.24) is 0 Å². The number of phenols is 1. The zero-order chi connectivity index (χ0) is 16.9. The highest BCUT2D eigenvalue weighted by atomic mass is 16.5. The Labute approximate surface area is 141 Å². The Bertz CT molecular complexity index is 887. The van der Waals surface area contributed by atoms with Crippen LogP contribution in [0.25, 0.3) is 10.8 Å². The molecule has 3 aromatic carbocycles.